The Hall–Kier alpha value is -2.53. The molecule has 1 aliphatic rings. The molecule has 0 saturated carbocycles. The smallest absolute Gasteiger partial charge is 0.394 e. The van der Waals surface area contributed by atoms with Gasteiger partial charge in [-0.3, -0.25) is 4.79 Å². The highest BCUT2D eigenvalue weighted by atomic mass is 35.5. The summed E-state index contributed by atoms with van der Waals surface area (Å²) in [4.78, 5) is 27.9. The van der Waals surface area contributed by atoms with Crippen molar-refractivity contribution in [3.05, 3.63) is 53.1 Å². The summed E-state index contributed by atoms with van der Waals surface area (Å²) in [6.07, 6.45) is 6.41. The number of hydrogen-bond donors (Lipinski definition) is 1. The molecule has 33 heavy (non-hydrogen) atoms. The van der Waals surface area contributed by atoms with Crippen LogP contribution in [-0.4, -0.2) is 41.5 Å². The number of rotatable bonds is 3. The summed E-state index contributed by atoms with van der Waals surface area (Å²) in [5, 5.41) is 10.1. The van der Waals surface area contributed by atoms with Crippen LogP contribution in [0.4, 0.5) is 5.69 Å². The number of carboxylic acids is 1. The summed E-state index contributed by atoms with van der Waals surface area (Å²) in [7, 11) is 0. The summed E-state index contributed by atoms with van der Waals surface area (Å²) in [6, 6.07) is 14.1. The molecule has 3 rings (SSSR count). The van der Waals surface area contributed by atoms with E-state index >= 15 is 0 Å². The summed E-state index contributed by atoms with van der Waals surface area (Å²) < 4.78 is 0. The standard InChI is InChI=1S/C27H35ClN2O3/c1-20(2)18-29-14-7-5-3-4-6-8-15-30(26(31)27(32)33)19-23-13-12-22(17-25(23)29)21-10-9-11-24(28)16-21/h9-13,16-17,20H,3-8,14-15,18-19H2,1-2H3,(H,32,33). The van der Waals surface area contributed by atoms with E-state index in [-0.39, 0.29) is 0 Å². The molecular weight excluding hydrogens is 436 g/mol. The first-order valence-electron chi connectivity index (χ1n) is 12.0. The van der Waals surface area contributed by atoms with Crippen LogP contribution in [0, 0.1) is 5.92 Å². The van der Waals surface area contributed by atoms with Gasteiger partial charge in [0, 0.05) is 36.9 Å². The van der Waals surface area contributed by atoms with Crippen LogP contribution < -0.4 is 4.90 Å². The van der Waals surface area contributed by atoms with Gasteiger partial charge in [-0.1, -0.05) is 75.4 Å². The zero-order chi connectivity index (χ0) is 23.8. The van der Waals surface area contributed by atoms with Crippen LogP contribution in [0.15, 0.2) is 42.5 Å². The molecule has 1 aliphatic heterocycles. The quantitative estimate of drug-likeness (QED) is 0.539. The molecule has 0 spiro atoms. The second kappa shape index (κ2) is 12.1. The summed E-state index contributed by atoms with van der Waals surface area (Å²) >= 11 is 6.25. The van der Waals surface area contributed by atoms with Crippen molar-refractivity contribution in [1.29, 1.82) is 0 Å². The molecule has 0 bridgehead atoms. The number of amides is 1. The molecule has 0 fully saturated rings. The number of carbonyl (C=O) groups is 2. The summed E-state index contributed by atoms with van der Waals surface area (Å²) in [5.74, 6) is -1.75. The van der Waals surface area contributed by atoms with Crippen LogP contribution in [0.3, 0.4) is 0 Å². The molecule has 5 nitrogen and oxygen atoms in total. The molecule has 0 aliphatic carbocycles. The van der Waals surface area contributed by atoms with Crippen LogP contribution in [0.1, 0.15) is 57.9 Å². The molecule has 0 aromatic heterocycles. The van der Waals surface area contributed by atoms with Crippen molar-refractivity contribution in [3.63, 3.8) is 0 Å². The molecule has 0 unspecified atom stereocenters. The lowest BCUT2D eigenvalue weighted by Crippen LogP contribution is -2.37. The van der Waals surface area contributed by atoms with E-state index in [9.17, 15) is 14.7 Å². The number of halogens is 1. The van der Waals surface area contributed by atoms with E-state index in [2.05, 4.69) is 24.8 Å². The average Bonchev–Trinajstić information content (AvgIpc) is 2.79. The number of benzene rings is 2. The fourth-order valence-electron chi connectivity index (χ4n) is 4.50. The topological polar surface area (TPSA) is 60.9 Å². The third-order valence-electron chi connectivity index (χ3n) is 6.11. The van der Waals surface area contributed by atoms with Gasteiger partial charge >= 0.3 is 11.9 Å². The molecule has 1 amide bonds. The molecule has 178 valence electrons. The first-order valence-corrected chi connectivity index (χ1v) is 12.4. The Bertz CT molecular complexity index is 960. The van der Waals surface area contributed by atoms with Crippen molar-refractivity contribution in [2.75, 3.05) is 24.5 Å². The maximum atomic E-state index is 12.5. The molecule has 0 atom stereocenters. The lowest BCUT2D eigenvalue weighted by molar-refractivity contribution is -0.156. The number of nitrogens with zero attached hydrogens (tertiary/aromatic N) is 2. The minimum absolute atomic E-state index is 0.297. The molecule has 0 saturated heterocycles. The maximum Gasteiger partial charge on any atom is 0.394 e. The zero-order valence-electron chi connectivity index (χ0n) is 19.7. The predicted octanol–water partition coefficient (Wildman–Crippen LogP) is 6.24. The molecular formula is C27H35ClN2O3. The van der Waals surface area contributed by atoms with E-state index in [0.29, 0.717) is 24.0 Å². The minimum Gasteiger partial charge on any atom is -0.474 e. The van der Waals surface area contributed by atoms with Gasteiger partial charge in [-0.2, -0.15) is 0 Å². The van der Waals surface area contributed by atoms with E-state index in [4.69, 9.17) is 11.6 Å². The molecule has 1 heterocycles. The predicted molar refractivity (Wildman–Crippen MR) is 135 cm³/mol. The Kier molecular flexibility index (Phi) is 9.19. The average molecular weight is 471 g/mol. The van der Waals surface area contributed by atoms with Gasteiger partial charge in [-0.15, -0.1) is 0 Å². The van der Waals surface area contributed by atoms with Gasteiger partial charge in [0.15, 0.2) is 0 Å². The van der Waals surface area contributed by atoms with Crippen LogP contribution >= 0.6 is 11.6 Å². The lowest BCUT2D eigenvalue weighted by Gasteiger charge is -2.31. The van der Waals surface area contributed by atoms with Gasteiger partial charge in [0.2, 0.25) is 0 Å². The van der Waals surface area contributed by atoms with Crippen LogP contribution in [0.5, 0.6) is 0 Å². The Labute approximate surface area is 202 Å². The molecule has 2 aromatic rings. The SMILES string of the molecule is CC(C)CN1CCCCCCCCN(C(=O)C(=O)O)Cc2ccc(-c3cccc(Cl)c3)cc21. The maximum absolute atomic E-state index is 12.5. The summed E-state index contributed by atoms with van der Waals surface area (Å²) in [5.41, 5.74) is 4.15. The second-order valence-electron chi connectivity index (χ2n) is 9.35. The van der Waals surface area contributed by atoms with Gasteiger partial charge in [-0.05, 0) is 53.6 Å². The Morgan fingerprint density at radius 2 is 1.61 bits per heavy atom. The number of carboxylic acid groups (broad SMARTS) is 1. The highest BCUT2D eigenvalue weighted by molar-refractivity contribution is 6.31. The molecule has 1 N–H and O–H groups in total. The van der Waals surface area contributed by atoms with Crippen LogP contribution in [0.2, 0.25) is 5.02 Å². The monoisotopic (exact) mass is 470 g/mol. The Balaban J connectivity index is 2.06. The normalized spacial score (nSPS) is 15.9. The highest BCUT2D eigenvalue weighted by Crippen LogP contribution is 2.32. The first kappa shape index (κ1) is 25.1. The van der Waals surface area contributed by atoms with Crippen molar-refractivity contribution in [1.82, 2.24) is 4.90 Å². The van der Waals surface area contributed by atoms with Gasteiger partial charge in [0.25, 0.3) is 0 Å². The first-order chi connectivity index (χ1) is 15.8. The summed E-state index contributed by atoms with van der Waals surface area (Å²) in [6.45, 7) is 7.02. The van der Waals surface area contributed by atoms with Crippen molar-refractivity contribution in [2.45, 2.75) is 58.9 Å². The van der Waals surface area contributed by atoms with Gasteiger partial charge < -0.3 is 14.9 Å². The number of anilines is 1. The van der Waals surface area contributed by atoms with Gasteiger partial charge in [0.05, 0.1) is 0 Å². The lowest BCUT2D eigenvalue weighted by atomic mass is 10.00. The van der Waals surface area contributed by atoms with Crippen molar-refractivity contribution in [3.8, 4) is 11.1 Å². The van der Waals surface area contributed by atoms with Crippen LogP contribution in [0.25, 0.3) is 11.1 Å². The number of aliphatic carboxylic acids is 1. The van der Waals surface area contributed by atoms with Crippen molar-refractivity contribution in [2.24, 2.45) is 5.92 Å². The molecule has 0 radical (unpaired) electrons. The molecule has 2 aromatic carbocycles. The van der Waals surface area contributed by atoms with E-state index in [1.165, 1.54) is 11.3 Å². The fourth-order valence-corrected chi connectivity index (χ4v) is 4.69. The number of hydrogen-bond acceptors (Lipinski definition) is 3. The van der Waals surface area contributed by atoms with Crippen LogP contribution in [-0.2, 0) is 16.1 Å². The van der Waals surface area contributed by atoms with Gasteiger partial charge in [-0.25, -0.2) is 4.79 Å². The Morgan fingerprint density at radius 3 is 2.27 bits per heavy atom. The van der Waals surface area contributed by atoms with Crippen molar-refractivity contribution < 1.29 is 14.7 Å². The third kappa shape index (κ3) is 7.23. The van der Waals surface area contributed by atoms with E-state index in [1.807, 2.05) is 36.4 Å². The molecule has 6 heteroatoms. The Morgan fingerprint density at radius 1 is 0.939 bits per heavy atom. The van der Waals surface area contributed by atoms with Gasteiger partial charge in [0.1, 0.15) is 0 Å². The third-order valence-corrected chi connectivity index (χ3v) is 6.34. The van der Waals surface area contributed by atoms with E-state index < -0.39 is 11.9 Å². The second-order valence-corrected chi connectivity index (χ2v) is 9.78. The minimum atomic E-state index is -1.39. The fraction of sp³-hybridized carbons (Fsp3) is 0.481. The van der Waals surface area contributed by atoms with Crippen molar-refractivity contribution >= 4 is 29.2 Å². The zero-order valence-corrected chi connectivity index (χ0v) is 20.5. The largest absolute Gasteiger partial charge is 0.474 e. The van der Waals surface area contributed by atoms with E-state index in [1.54, 1.807) is 0 Å². The highest BCUT2D eigenvalue weighted by Gasteiger charge is 2.23. The number of fused-ring (bicyclic) bond motifs is 1. The number of carbonyl (C=O) groups excluding carboxylic acids is 1. The van der Waals surface area contributed by atoms with E-state index in [0.717, 1.165) is 67.6 Å².